The third kappa shape index (κ3) is 2.52. The van der Waals surface area contributed by atoms with Gasteiger partial charge in [-0.1, -0.05) is 0 Å². The van der Waals surface area contributed by atoms with Crippen LogP contribution in [0, 0.1) is 0 Å². The maximum absolute atomic E-state index is 4.22. The van der Waals surface area contributed by atoms with Crippen molar-refractivity contribution < 1.29 is 0 Å². The van der Waals surface area contributed by atoms with Gasteiger partial charge in [-0.3, -0.25) is 0 Å². The predicted octanol–water partition coefficient (Wildman–Crippen LogP) is 1.44. The highest BCUT2D eigenvalue weighted by Gasteiger charge is 2.09. The van der Waals surface area contributed by atoms with Crippen molar-refractivity contribution >= 4 is 5.69 Å². The second-order valence-corrected chi connectivity index (χ2v) is 4.20. The molecule has 0 unspecified atom stereocenters. The van der Waals surface area contributed by atoms with E-state index in [4.69, 9.17) is 0 Å². The van der Waals surface area contributed by atoms with Gasteiger partial charge in [0.1, 0.15) is 0 Å². The number of nitrogens with one attached hydrogen (secondary N) is 1. The van der Waals surface area contributed by atoms with E-state index in [1.54, 1.807) is 6.20 Å². The molecule has 0 saturated carbocycles. The molecule has 0 spiro atoms. The monoisotopic (exact) mass is 245 g/mol. The average Bonchev–Trinajstić information content (AvgIpc) is 2.94. The lowest BCUT2D eigenvalue weighted by Crippen LogP contribution is -2.43. The standard InChI is InChI=1S/C13H16N4.H3N/c1-6-15-17(9-1)13-4-2-12(3-5-13)16-10-7-14-8-11-16;/h1-6,9,14H,7-8,10-11H2;1H3. The summed E-state index contributed by atoms with van der Waals surface area (Å²) >= 11 is 0. The van der Waals surface area contributed by atoms with Gasteiger partial charge in [-0.05, 0) is 30.3 Å². The Labute approximate surface area is 107 Å². The molecule has 5 nitrogen and oxygen atoms in total. The zero-order valence-corrected chi connectivity index (χ0v) is 10.4. The number of hydrogen-bond donors (Lipinski definition) is 2. The summed E-state index contributed by atoms with van der Waals surface area (Å²) in [6.07, 6.45) is 3.75. The second-order valence-electron chi connectivity index (χ2n) is 4.20. The van der Waals surface area contributed by atoms with E-state index in [0.29, 0.717) is 0 Å². The number of piperazine rings is 1. The zero-order chi connectivity index (χ0) is 11.5. The third-order valence-electron chi connectivity index (χ3n) is 3.10. The first kappa shape index (κ1) is 12.6. The van der Waals surface area contributed by atoms with Crippen LogP contribution >= 0.6 is 0 Å². The molecule has 2 aromatic rings. The number of aromatic nitrogens is 2. The number of rotatable bonds is 2. The first-order chi connectivity index (χ1) is 8.43. The van der Waals surface area contributed by atoms with Crippen LogP contribution in [0.4, 0.5) is 5.69 Å². The van der Waals surface area contributed by atoms with E-state index in [1.807, 2.05) is 16.9 Å². The van der Waals surface area contributed by atoms with Gasteiger partial charge < -0.3 is 16.4 Å². The van der Waals surface area contributed by atoms with Gasteiger partial charge in [-0.25, -0.2) is 4.68 Å². The summed E-state index contributed by atoms with van der Waals surface area (Å²) in [5, 5.41) is 7.58. The van der Waals surface area contributed by atoms with Gasteiger partial charge in [0.25, 0.3) is 0 Å². The molecule has 1 saturated heterocycles. The largest absolute Gasteiger partial charge is 0.369 e. The Morgan fingerprint density at radius 3 is 2.28 bits per heavy atom. The van der Waals surface area contributed by atoms with Crippen molar-refractivity contribution in [1.82, 2.24) is 21.2 Å². The minimum absolute atomic E-state index is 0. The second kappa shape index (κ2) is 5.66. The maximum Gasteiger partial charge on any atom is 0.0647 e. The minimum Gasteiger partial charge on any atom is -0.369 e. The van der Waals surface area contributed by atoms with Crippen molar-refractivity contribution in [3.63, 3.8) is 0 Å². The van der Waals surface area contributed by atoms with E-state index >= 15 is 0 Å². The predicted molar refractivity (Wildman–Crippen MR) is 73.7 cm³/mol. The highest BCUT2D eigenvalue weighted by molar-refractivity contribution is 5.51. The van der Waals surface area contributed by atoms with Crippen LogP contribution in [0.25, 0.3) is 5.69 Å². The molecule has 4 N–H and O–H groups in total. The highest BCUT2D eigenvalue weighted by atomic mass is 15.3. The Morgan fingerprint density at radius 2 is 1.67 bits per heavy atom. The lowest BCUT2D eigenvalue weighted by Gasteiger charge is -2.29. The van der Waals surface area contributed by atoms with Gasteiger partial charge in [-0.15, -0.1) is 0 Å². The molecule has 1 aromatic carbocycles. The Kier molecular flexibility index (Phi) is 3.96. The van der Waals surface area contributed by atoms with Crippen LogP contribution in [0.3, 0.4) is 0 Å². The Morgan fingerprint density at radius 1 is 1.00 bits per heavy atom. The first-order valence-electron chi connectivity index (χ1n) is 5.99. The molecule has 18 heavy (non-hydrogen) atoms. The van der Waals surface area contributed by atoms with E-state index in [9.17, 15) is 0 Å². The van der Waals surface area contributed by atoms with Crippen molar-refractivity contribution in [2.45, 2.75) is 0 Å². The lowest BCUT2D eigenvalue weighted by atomic mass is 10.2. The van der Waals surface area contributed by atoms with Gasteiger partial charge in [0.05, 0.1) is 5.69 Å². The van der Waals surface area contributed by atoms with Crippen LogP contribution in [-0.4, -0.2) is 36.0 Å². The molecule has 96 valence electrons. The quantitative estimate of drug-likeness (QED) is 0.840. The summed E-state index contributed by atoms with van der Waals surface area (Å²) in [6.45, 7) is 4.31. The van der Waals surface area contributed by atoms with Crippen molar-refractivity contribution in [3.05, 3.63) is 42.7 Å². The fourth-order valence-electron chi connectivity index (χ4n) is 2.16. The number of benzene rings is 1. The van der Waals surface area contributed by atoms with Gasteiger partial charge >= 0.3 is 0 Å². The van der Waals surface area contributed by atoms with Crippen LogP contribution in [0.1, 0.15) is 0 Å². The smallest absolute Gasteiger partial charge is 0.0647 e. The highest BCUT2D eigenvalue weighted by Crippen LogP contribution is 2.17. The maximum atomic E-state index is 4.22. The summed E-state index contributed by atoms with van der Waals surface area (Å²) in [5.74, 6) is 0. The van der Waals surface area contributed by atoms with Crippen LogP contribution in [0.5, 0.6) is 0 Å². The van der Waals surface area contributed by atoms with Crippen LogP contribution in [0.15, 0.2) is 42.7 Å². The topological polar surface area (TPSA) is 68.1 Å². The molecular weight excluding hydrogens is 226 g/mol. The SMILES string of the molecule is N.c1cnn(-c2ccc(N3CCNCC3)cc2)c1. The van der Waals surface area contributed by atoms with Gasteiger partial charge in [0.2, 0.25) is 0 Å². The van der Waals surface area contributed by atoms with Gasteiger partial charge in [-0.2, -0.15) is 5.10 Å². The molecule has 0 atom stereocenters. The number of anilines is 1. The molecule has 0 amide bonds. The molecule has 1 fully saturated rings. The zero-order valence-electron chi connectivity index (χ0n) is 10.4. The first-order valence-corrected chi connectivity index (χ1v) is 5.99. The molecule has 1 aliphatic rings. The van der Waals surface area contributed by atoms with Crippen LogP contribution in [-0.2, 0) is 0 Å². The van der Waals surface area contributed by atoms with E-state index in [0.717, 1.165) is 31.9 Å². The van der Waals surface area contributed by atoms with Crippen molar-refractivity contribution in [3.8, 4) is 5.69 Å². The fourth-order valence-corrected chi connectivity index (χ4v) is 2.16. The minimum atomic E-state index is 0. The van der Waals surface area contributed by atoms with E-state index in [1.165, 1.54) is 5.69 Å². The van der Waals surface area contributed by atoms with E-state index < -0.39 is 0 Å². The van der Waals surface area contributed by atoms with Crippen molar-refractivity contribution in [2.75, 3.05) is 31.1 Å². The molecule has 1 aromatic heterocycles. The van der Waals surface area contributed by atoms with E-state index in [2.05, 4.69) is 39.6 Å². The number of hydrogen-bond acceptors (Lipinski definition) is 4. The van der Waals surface area contributed by atoms with Gasteiger partial charge in [0.15, 0.2) is 0 Å². The summed E-state index contributed by atoms with van der Waals surface area (Å²) in [7, 11) is 0. The summed E-state index contributed by atoms with van der Waals surface area (Å²) in [5.41, 5.74) is 2.40. The Hall–Kier alpha value is -1.85. The molecule has 5 heteroatoms. The van der Waals surface area contributed by atoms with Crippen molar-refractivity contribution in [1.29, 1.82) is 0 Å². The fraction of sp³-hybridized carbons (Fsp3) is 0.308. The summed E-state index contributed by atoms with van der Waals surface area (Å²) < 4.78 is 1.88. The number of nitrogens with zero attached hydrogens (tertiary/aromatic N) is 3. The van der Waals surface area contributed by atoms with Crippen LogP contribution < -0.4 is 16.4 Å². The molecule has 0 aliphatic carbocycles. The summed E-state index contributed by atoms with van der Waals surface area (Å²) in [6, 6.07) is 10.5. The molecule has 1 aliphatic heterocycles. The van der Waals surface area contributed by atoms with E-state index in [-0.39, 0.29) is 6.15 Å². The lowest BCUT2D eigenvalue weighted by molar-refractivity contribution is 0.589. The van der Waals surface area contributed by atoms with Crippen LogP contribution in [0.2, 0.25) is 0 Å². The summed E-state index contributed by atoms with van der Waals surface area (Å²) in [4.78, 5) is 2.41. The Balaban J connectivity index is 0.00000120. The average molecular weight is 245 g/mol. The van der Waals surface area contributed by atoms with Gasteiger partial charge in [0, 0.05) is 44.3 Å². The third-order valence-corrected chi connectivity index (χ3v) is 3.10. The molecule has 0 bridgehead atoms. The van der Waals surface area contributed by atoms with Crippen molar-refractivity contribution in [2.24, 2.45) is 0 Å². The normalized spacial score (nSPS) is 15.2. The molecule has 0 radical (unpaired) electrons. The Bertz CT molecular complexity index is 457. The molecular formula is C13H19N5. The molecule has 2 heterocycles. The molecule has 3 rings (SSSR count).